The Labute approximate surface area is 155 Å². The molecule has 0 saturated carbocycles. The molecular formula is C20H19FN4O2. The van der Waals surface area contributed by atoms with Crippen molar-refractivity contribution in [2.75, 3.05) is 23.3 Å². The van der Waals surface area contributed by atoms with Crippen molar-refractivity contribution in [2.45, 2.75) is 18.9 Å². The number of halogens is 1. The molecule has 1 saturated heterocycles. The predicted molar refractivity (Wildman–Crippen MR) is 104 cm³/mol. The van der Waals surface area contributed by atoms with Gasteiger partial charge in [-0.1, -0.05) is 12.1 Å². The molecule has 2 heterocycles. The fourth-order valence-corrected chi connectivity index (χ4v) is 3.44. The van der Waals surface area contributed by atoms with Gasteiger partial charge in [-0.2, -0.15) is 0 Å². The first-order chi connectivity index (χ1) is 13.1. The second-order valence-corrected chi connectivity index (χ2v) is 6.69. The first kappa shape index (κ1) is 17.2. The van der Waals surface area contributed by atoms with Crippen molar-refractivity contribution < 1.29 is 9.31 Å². The molecule has 27 heavy (non-hydrogen) atoms. The van der Waals surface area contributed by atoms with Gasteiger partial charge in [-0.05, 0) is 43.2 Å². The van der Waals surface area contributed by atoms with E-state index in [-0.39, 0.29) is 17.5 Å². The van der Waals surface area contributed by atoms with Crippen LogP contribution in [0.4, 0.5) is 21.6 Å². The van der Waals surface area contributed by atoms with Gasteiger partial charge in [0.1, 0.15) is 11.6 Å². The molecular weight excluding hydrogens is 347 g/mol. The number of benzene rings is 2. The lowest BCUT2D eigenvalue weighted by Crippen LogP contribution is -2.39. The van der Waals surface area contributed by atoms with E-state index >= 15 is 0 Å². The van der Waals surface area contributed by atoms with Crippen LogP contribution in [0.2, 0.25) is 0 Å². The zero-order valence-corrected chi connectivity index (χ0v) is 14.6. The van der Waals surface area contributed by atoms with Crippen LogP contribution in [-0.4, -0.2) is 29.0 Å². The number of aromatic nitrogens is 1. The van der Waals surface area contributed by atoms with Gasteiger partial charge < -0.3 is 10.2 Å². The van der Waals surface area contributed by atoms with E-state index in [1.165, 1.54) is 18.2 Å². The van der Waals surface area contributed by atoms with Crippen LogP contribution in [0.15, 0.2) is 54.6 Å². The Morgan fingerprint density at radius 3 is 2.63 bits per heavy atom. The van der Waals surface area contributed by atoms with Gasteiger partial charge >= 0.3 is 0 Å². The van der Waals surface area contributed by atoms with Crippen molar-refractivity contribution in [2.24, 2.45) is 0 Å². The predicted octanol–water partition coefficient (Wildman–Crippen LogP) is 4.36. The SMILES string of the molecule is O=[N+]([O-])c1ccc2nc(N3CCC(Nc4ccccc4F)CC3)ccc2c1. The molecule has 7 heteroatoms. The standard InChI is InChI=1S/C20H19FN4O2/c21-17-3-1-2-4-19(17)22-15-9-11-24(12-10-15)20-8-5-14-13-16(25(26)27)6-7-18(14)23-20/h1-8,13,15,22H,9-12H2. The smallest absolute Gasteiger partial charge is 0.270 e. The zero-order chi connectivity index (χ0) is 18.8. The lowest BCUT2D eigenvalue weighted by atomic mass is 10.0. The molecule has 0 bridgehead atoms. The summed E-state index contributed by atoms with van der Waals surface area (Å²) in [6.45, 7) is 1.63. The monoisotopic (exact) mass is 366 g/mol. The Morgan fingerprint density at radius 2 is 1.89 bits per heavy atom. The first-order valence-corrected chi connectivity index (χ1v) is 8.91. The third-order valence-corrected chi connectivity index (χ3v) is 4.92. The van der Waals surface area contributed by atoms with E-state index in [2.05, 4.69) is 15.2 Å². The molecule has 1 aliphatic heterocycles. The number of non-ortho nitro benzene ring substituents is 1. The second-order valence-electron chi connectivity index (χ2n) is 6.69. The van der Waals surface area contributed by atoms with Crippen molar-refractivity contribution in [3.63, 3.8) is 0 Å². The van der Waals surface area contributed by atoms with Crippen molar-refractivity contribution >= 4 is 28.1 Å². The van der Waals surface area contributed by atoms with Crippen molar-refractivity contribution in [3.8, 4) is 0 Å². The summed E-state index contributed by atoms with van der Waals surface area (Å²) in [7, 11) is 0. The largest absolute Gasteiger partial charge is 0.380 e. The number of anilines is 2. The summed E-state index contributed by atoms with van der Waals surface area (Å²) in [6, 6.07) is 15.4. The van der Waals surface area contributed by atoms with Gasteiger partial charge in [0.2, 0.25) is 0 Å². The summed E-state index contributed by atoms with van der Waals surface area (Å²) < 4.78 is 13.8. The number of hydrogen-bond donors (Lipinski definition) is 1. The van der Waals surface area contributed by atoms with Gasteiger partial charge in [-0.3, -0.25) is 10.1 Å². The summed E-state index contributed by atoms with van der Waals surface area (Å²) in [5, 5.41) is 14.9. The minimum absolute atomic E-state index is 0.0667. The van der Waals surface area contributed by atoms with Gasteiger partial charge in [0, 0.05) is 36.7 Å². The molecule has 4 rings (SSSR count). The Bertz CT molecular complexity index is 987. The van der Waals surface area contributed by atoms with E-state index in [0.29, 0.717) is 5.69 Å². The van der Waals surface area contributed by atoms with Gasteiger partial charge in [0.05, 0.1) is 16.1 Å². The topological polar surface area (TPSA) is 71.3 Å². The Hall–Kier alpha value is -3.22. The fourth-order valence-electron chi connectivity index (χ4n) is 3.44. The van der Waals surface area contributed by atoms with Crippen LogP contribution in [-0.2, 0) is 0 Å². The van der Waals surface area contributed by atoms with Crippen LogP contribution < -0.4 is 10.2 Å². The van der Waals surface area contributed by atoms with E-state index in [1.807, 2.05) is 18.2 Å². The molecule has 0 unspecified atom stereocenters. The molecule has 0 atom stereocenters. The molecule has 6 nitrogen and oxygen atoms in total. The minimum atomic E-state index is -0.402. The van der Waals surface area contributed by atoms with Gasteiger partial charge in [0.25, 0.3) is 5.69 Å². The maximum atomic E-state index is 13.8. The summed E-state index contributed by atoms with van der Waals surface area (Å²) in [5.41, 5.74) is 1.35. The number of para-hydroxylation sites is 1. The number of pyridine rings is 1. The number of nitrogens with one attached hydrogen (secondary N) is 1. The highest BCUT2D eigenvalue weighted by atomic mass is 19.1. The number of nitro groups is 1. The van der Waals surface area contributed by atoms with Crippen LogP contribution in [0.5, 0.6) is 0 Å². The summed E-state index contributed by atoms with van der Waals surface area (Å²) in [4.78, 5) is 17.3. The quantitative estimate of drug-likeness (QED) is 0.549. The van der Waals surface area contributed by atoms with Crippen LogP contribution >= 0.6 is 0 Å². The normalized spacial score (nSPS) is 15.1. The second kappa shape index (κ2) is 7.19. The molecule has 0 spiro atoms. The summed E-state index contributed by atoms with van der Waals surface area (Å²) >= 11 is 0. The minimum Gasteiger partial charge on any atom is -0.380 e. The first-order valence-electron chi connectivity index (χ1n) is 8.91. The van der Waals surface area contributed by atoms with E-state index in [9.17, 15) is 14.5 Å². The maximum absolute atomic E-state index is 13.8. The third-order valence-electron chi connectivity index (χ3n) is 4.92. The molecule has 0 aliphatic carbocycles. The van der Waals surface area contributed by atoms with Crippen LogP contribution in [0, 0.1) is 15.9 Å². The maximum Gasteiger partial charge on any atom is 0.270 e. The van der Waals surface area contributed by atoms with E-state index in [0.717, 1.165) is 42.7 Å². The number of hydrogen-bond acceptors (Lipinski definition) is 5. The van der Waals surface area contributed by atoms with Crippen LogP contribution in [0.1, 0.15) is 12.8 Å². The fraction of sp³-hybridized carbons (Fsp3) is 0.250. The Kier molecular flexibility index (Phi) is 4.58. The number of nitrogens with zero attached hydrogens (tertiary/aromatic N) is 3. The highest BCUT2D eigenvalue weighted by Crippen LogP contribution is 2.25. The Balaban J connectivity index is 1.44. The molecule has 1 fully saturated rings. The molecule has 1 aliphatic rings. The molecule has 0 amide bonds. The van der Waals surface area contributed by atoms with Crippen LogP contribution in [0.25, 0.3) is 10.9 Å². The summed E-state index contributed by atoms with van der Waals surface area (Å²) in [5.74, 6) is 0.630. The van der Waals surface area contributed by atoms with Gasteiger partial charge in [-0.15, -0.1) is 0 Å². The number of nitro benzene ring substituents is 1. The lowest BCUT2D eigenvalue weighted by Gasteiger charge is -2.33. The zero-order valence-electron chi connectivity index (χ0n) is 14.6. The molecule has 2 aromatic carbocycles. The van der Waals surface area contributed by atoms with Crippen molar-refractivity contribution in [1.82, 2.24) is 4.98 Å². The molecule has 1 N–H and O–H groups in total. The molecule has 1 aromatic heterocycles. The Morgan fingerprint density at radius 1 is 1.11 bits per heavy atom. The average molecular weight is 366 g/mol. The van der Waals surface area contributed by atoms with Gasteiger partial charge in [0.15, 0.2) is 0 Å². The van der Waals surface area contributed by atoms with E-state index in [1.54, 1.807) is 18.2 Å². The van der Waals surface area contributed by atoms with Crippen molar-refractivity contribution in [1.29, 1.82) is 0 Å². The molecule has 138 valence electrons. The van der Waals surface area contributed by atoms with E-state index in [4.69, 9.17) is 0 Å². The third kappa shape index (κ3) is 3.67. The molecule has 3 aromatic rings. The average Bonchev–Trinajstić information content (AvgIpc) is 2.69. The van der Waals surface area contributed by atoms with E-state index < -0.39 is 4.92 Å². The number of rotatable bonds is 4. The van der Waals surface area contributed by atoms with Crippen LogP contribution in [0.3, 0.4) is 0 Å². The van der Waals surface area contributed by atoms with Gasteiger partial charge in [-0.25, -0.2) is 9.37 Å². The highest BCUT2D eigenvalue weighted by Gasteiger charge is 2.21. The van der Waals surface area contributed by atoms with Crippen molar-refractivity contribution in [3.05, 3.63) is 70.5 Å². The lowest BCUT2D eigenvalue weighted by molar-refractivity contribution is -0.384. The summed E-state index contributed by atoms with van der Waals surface area (Å²) in [6.07, 6.45) is 1.77. The number of fused-ring (bicyclic) bond motifs is 1. The molecule has 0 radical (unpaired) electrons. The number of piperidine rings is 1. The highest BCUT2D eigenvalue weighted by molar-refractivity contribution is 5.82.